The lowest BCUT2D eigenvalue weighted by Crippen LogP contribution is -2.21. The number of hydrogen-bond donors (Lipinski definition) is 1. The molecule has 0 aliphatic heterocycles. The highest BCUT2D eigenvalue weighted by atomic mass is 16.5. The van der Waals surface area contributed by atoms with Gasteiger partial charge in [-0.3, -0.25) is 0 Å². The van der Waals surface area contributed by atoms with E-state index in [9.17, 15) is 0 Å². The van der Waals surface area contributed by atoms with Gasteiger partial charge in [0.25, 0.3) is 0 Å². The number of benzene rings is 1. The first kappa shape index (κ1) is 15.0. The van der Waals surface area contributed by atoms with Crippen LogP contribution < -0.4 is 10.1 Å². The summed E-state index contributed by atoms with van der Waals surface area (Å²) >= 11 is 0. The third kappa shape index (κ3) is 5.07. The Labute approximate surface area is 110 Å². The van der Waals surface area contributed by atoms with Gasteiger partial charge in [-0.1, -0.05) is 25.1 Å². The molecule has 3 nitrogen and oxygen atoms in total. The Kier molecular flexibility index (Phi) is 7.46. The van der Waals surface area contributed by atoms with E-state index in [0.29, 0.717) is 6.04 Å². The Bertz CT molecular complexity index is 328. The van der Waals surface area contributed by atoms with Crippen molar-refractivity contribution in [2.24, 2.45) is 0 Å². The summed E-state index contributed by atoms with van der Waals surface area (Å²) in [6.45, 7) is 6.81. The summed E-state index contributed by atoms with van der Waals surface area (Å²) in [6.07, 6.45) is 2.06. The largest absolute Gasteiger partial charge is 0.493 e. The summed E-state index contributed by atoms with van der Waals surface area (Å²) in [4.78, 5) is 0. The first-order valence-electron chi connectivity index (χ1n) is 6.73. The fourth-order valence-electron chi connectivity index (χ4n) is 1.83. The summed E-state index contributed by atoms with van der Waals surface area (Å²) in [5, 5.41) is 3.49. The number of nitrogens with one attached hydrogen (secondary N) is 1. The van der Waals surface area contributed by atoms with Gasteiger partial charge in [-0.25, -0.2) is 0 Å². The molecule has 0 fully saturated rings. The molecule has 0 aliphatic rings. The normalized spacial score (nSPS) is 12.4. The van der Waals surface area contributed by atoms with Crippen LogP contribution in [-0.2, 0) is 4.74 Å². The molecule has 1 rings (SSSR count). The quantitative estimate of drug-likeness (QED) is 0.684. The van der Waals surface area contributed by atoms with E-state index in [4.69, 9.17) is 9.47 Å². The van der Waals surface area contributed by atoms with Crippen LogP contribution in [0, 0.1) is 0 Å². The molecule has 0 aromatic heterocycles. The van der Waals surface area contributed by atoms with Crippen molar-refractivity contribution in [1.29, 1.82) is 0 Å². The van der Waals surface area contributed by atoms with Crippen molar-refractivity contribution < 1.29 is 9.47 Å². The maximum Gasteiger partial charge on any atom is 0.124 e. The maximum atomic E-state index is 5.77. The van der Waals surface area contributed by atoms with Gasteiger partial charge in [0.15, 0.2) is 0 Å². The van der Waals surface area contributed by atoms with Crippen LogP contribution in [0.5, 0.6) is 5.75 Å². The highest BCUT2D eigenvalue weighted by Gasteiger charge is 2.10. The van der Waals surface area contributed by atoms with Gasteiger partial charge in [0.05, 0.1) is 6.61 Å². The highest BCUT2D eigenvalue weighted by molar-refractivity contribution is 5.35. The minimum absolute atomic E-state index is 0.301. The van der Waals surface area contributed by atoms with Crippen molar-refractivity contribution in [3.8, 4) is 5.75 Å². The summed E-state index contributed by atoms with van der Waals surface area (Å²) in [5.74, 6) is 0.992. The van der Waals surface area contributed by atoms with E-state index in [-0.39, 0.29) is 0 Å². The topological polar surface area (TPSA) is 30.5 Å². The minimum Gasteiger partial charge on any atom is -0.493 e. The minimum atomic E-state index is 0.301. The molecule has 0 amide bonds. The first-order valence-corrected chi connectivity index (χ1v) is 6.73. The molecule has 18 heavy (non-hydrogen) atoms. The van der Waals surface area contributed by atoms with Gasteiger partial charge in [-0.15, -0.1) is 0 Å². The van der Waals surface area contributed by atoms with Gasteiger partial charge < -0.3 is 14.8 Å². The molecule has 0 aliphatic carbocycles. The van der Waals surface area contributed by atoms with Crippen LogP contribution in [0.1, 0.15) is 38.3 Å². The van der Waals surface area contributed by atoms with Crippen molar-refractivity contribution in [3.63, 3.8) is 0 Å². The van der Waals surface area contributed by atoms with Crippen LogP contribution in [-0.4, -0.2) is 26.9 Å². The Hall–Kier alpha value is -1.06. The lowest BCUT2D eigenvalue weighted by Gasteiger charge is -2.18. The molecule has 3 heteroatoms. The van der Waals surface area contributed by atoms with E-state index in [1.165, 1.54) is 5.56 Å². The molecule has 1 N–H and O–H groups in total. The molecule has 1 aromatic rings. The molecule has 0 bridgehead atoms. The van der Waals surface area contributed by atoms with E-state index in [1.54, 1.807) is 7.11 Å². The molecule has 1 atom stereocenters. The second-order valence-corrected chi connectivity index (χ2v) is 4.41. The zero-order valence-electron chi connectivity index (χ0n) is 11.7. The van der Waals surface area contributed by atoms with E-state index < -0.39 is 0 Å². The van der Waals surface area contributed by atoms with Crippen LogP contribution in [0.4, 0.5) is 0 Å². The SMILES string of the molecule is CCCOc1ccccc1C(C)NCCCOC. The third-order valence-electron chi connectivity index (χ3n) is 2.82. The second-order valence-electron chi connectivity index (χ2n) is 4.41. The first-order chi connectivity index (χ1) is 8.79. The van der Waals surface area contributed by atoms with Gasteiger partial charge in [-0.05, 0) is 32.4 Å². The van der Waals surface area contributed by atoms with E-state index >= 15 is 0 Å². The number of methoxy groups -OCH3 is 1. The number of ether oxygens (including phenoxy) is 2. The number of para-hydroxylation sites is 1. The predicted molar refractivity (Wildman–Crippen MR) is 75.1 cm³/mol. The van der Waals surface area contributed by atoms with Gasteiger partial charge in [0.1, 0.15) is 5.75 Å². The van der Waals surface area contributed by atoms with Gasteiger partial charge in [-0.2, -0.15) is 0 Å². The van der Waals surface area contributed by atoms with E-state index in [1.807, 2.05) is 12.1 Å². The van der Waals surface area contributed by atoms with Gasteiger partial charge in [0, 0.05) is 25.3 Å². The molecule has 102 valence electrons. The van der Waals surface area contributed by atoms with E-state index in [0.717, 1.165) is 38.3 Å². The van der Waals surface area contributed by atoms with Crippen molar-refractivity contribution in [3.05, 3.63) is 29.8 Å². The molecule has 0 radical (unpaired) electrons. The standard InChI is InChI=1S/C15H25NO2/c1-4-11-18-15-9-6-5-8-14(15)13(2)16-10-7-12-17-3/h5-6,8-9,13,16H,4,7,10-12H2,1-3H3. The van der Waals surface area contributed by atoms with E-state index in [2.05, 4.69) is 31.3 Å². The Morgan fingerprint density at radius 1 is 1.22 bits per heavy atom. The zero-order chi connectivity index (χ0) is 13.2. The second kappa shape index (κ2) is 8.95. The number of rotatable bonds is 9. The molecule has 1 aromatic carbocycles. The maximum absolute atomic E-state index is 5.77. The fourth-order valence-corrected chi connectivity index (χ4v) is 1.83. The summed E-state index contributed by atoms with van der Waals surface area (Å²) in [6, 6.07) is 8.54. The van der Waals surface area contributed by atoms with Crippen LogP contribution in [0.15, 0.2) is 24.3 Å². The molecule has 0 spiro atoms. The summed E-state index contributed by atoms with van der Waals surface area (Å²) in [7, 11) is 1.73. The van der Waals surface area contributed by atoms with Crippen LogP contribution in [0.3, 0.4) is 0 Å². The van der Waals surface area contributed by atoms with Crippen molar-refractivity contribution >= 4 is 0 Å². The van der Waals surface area contributed by atoms with Crippen LogP contribution >= 0.6 is 0 Å². The average Bonchev–Trinajstić information content (AvgIpc) is 2.41. The van der Waals surface area contributed by atoms with Gasteiger partial charge in [0.2, 0.25) is 0 Å². The molecule has 1 unspecified atom stereocenters. The molecular weight excluding hydrogens is 226 g/mol. The molecule has 0 saturated heterocycles. The van der Waals surface area contributed by atoms with Gasteiger partial charge >= 0.3 is 0 Å². The van der Waals surface area contributed by atoms with Crippen LogP contribution in [0.25, 0.3) is 0 Å². The zero-order valence-corrected chi connectivity index (χ0v) is 11.7. The summed E-state index contributed by atoms with van der Waals surface area (Å²) in [5.41, 5.74) is 1.23. The van der Waals surface area contributed by atoms with Crippen LogP contribution in [0.2, 0.25) is 0 Å². The Morgan fingerprint density at radius 3 is 2.72 bits per heavy atom. The average molecular weight is 251 g/mol. The lowest BCUT2D eigenvalue weighted by molar-refractivity contribution is 0.193. The monoisotopic (exact) mass is 251 g/mol. The lowest BCUT2D eigenvalue weighted by atomic mass is 10.1. The molecular formula is C15H25NO2. The smallest absolute Gasteiger partial charge is 0.124 e. The fraction of sp³-hybridized carbons (Fsp3) is 0.600. The third-order valence-corrected chi connectivity index (χ3v) is 2.82. The van der Waals surface area contributed by atoms with Crippen molar-refractivity contribution in [2.45, 2.75) is 32.7 Å². The molecule has 0 heterocycles. The molecule has 0 saturated carbocycles. The Morgan fingerprint density at radius 2 is 2.00 bits per heavy atom. The Balaban J connectivity index is 2.52. The number of hydrogen-bond acceptors (Lipinski definition) is 3. The van der Waals surface area contributed by atoms with Crippen molar-refractivity contribution in [2.75, 3.05) is 26.9 Å². The predicted octanol–water partition coefficient (Wildman–Crippen LogP) is 3.16. The van der Waals surface area contributed by atoms with Crippen molar-refractivity contribution in [1.82, 2.24) is 5.32 Å². The highest BCUT2D eigenvalue weighted by Crippen LogP contribution is 2.24. The summed E-state index contributed by atoms with van der Waals surface area (Å²) < 4.78 is 10.8.